The minimum atomic E-state index is 0.204. The van der Waals surface area contributed by atoms with Gasteiger partial charge in [0.2, 0.25) is 5.91 Å². The molecule has 0 unspecified atom stereocenters. The number of rotatable bonds is 4. The Morgan fingerprint density at radius 3 is 2.32 bits per heavy atom. The highest BCUT2D eigenvalue weighted by atomic mass is 16.5. The summed E-state index contributed by atoms with van der Waals surface area (Å²) in [6.45, 7) is 4.42. The van der Waals surface area contributed by atoms with Crippen molar-refractivity contribution in [3.05, 3.63) is 0 Å². The van der Waals surface area contributed by atoms with E-state index in [1.54, 1.807) is 4.90 Å². The van der Waals surface area contributed by atoms with Crippen LogP contribution in [0.1, 0.15) is 25.7 Å². The molecule has 2 fully saturated rings. The molecule has 5 heteroatoms. The van der Waals surface area contributed by atoms with Crippen molar-refractivity contribution < 1.29 is 9.53 Å². The van der Waals surface area contributed by atoms with Gasteiger partial charge >= 0.3 is 0 Å². The summed E-state index contributed by atoms with van der Waals surface area (Å²) < 4.78 is 5.38. The third-order valence-corrected chi connectivity index (χ3v) is 4.14. The molecular weight excluding hydrogens is 242 g/mol. The van der Waals surface area contributed by atoms with Gasteiger partial charge in [0.15, 0.2) is 0 Å². The van der Waals surface area contributed by atoms with E-state index in [0.29, 0.717) is 18.6 Å². The molecule has 0 radical (unpaired) electrons. The summed E-state index contributed by atoms with van der Waals surface area (Å²) in [6, 6.07) is 1.25. The van der Waals surface area contributed by atoms with Crippen LogP contribution in [-0.4, -0.2) is 74.7 Å². The van der Waals surface area contributed by atoms with Crippen LogP contribution in [-0.2, 0) is 9.53 Å². The molecule has 19 heavy (non-hydrogen) atoms. The number of hydrogen-bond acceptors (Lipinski definition) is 4. The molecule has 0 atom stereocenters. The van der Waals surface area contributed by atoms with Gasteiger partial charge in [0, 0.05) is 52.5 Å². The lowest BCUT2D eigenvalue weighted by Crippen LogP contribution is -2.49. The van der Waals surface area contributed by atoms with E-state index in [1.807, 2.05) is 14.1 Å². The van der Waals surface area contributed by atoms with Gasteiger partial charge in [0.05, 0.1) is 6.54 Å². The summed E-state index contributed by atoms with van der Waals surface area (Å²) >= 11 is 0. The van der Waals surface area contributed by atoms with Crippen molar-refractivity contribution >= 4 is 5.91 Å². The number of carbonyl (C=O) groups is 1. The highest BCUT2D eigenvalue weighted by Gasteiger charge is 2.24. The Labute approximate surface area is 116 Å². The number of amides is 1. The Morgan fingerprint density at radius 2 is 1.74 bits per heavy atom. The Bertz CT molecular complexity index is 282. The zero-order chi connectivity index (χ0) is 13.7. The molecule has 1 N–H and O–H groups in total. The zero-order valence-corrected chi connectivity index (χ0v) is 12.2. The molecule has 1 amide bonds. The van der Waals surface area contributed by atoms with Crippen LogP contribution < -0.4 is 5.32 Å². The number of hydrogen-bond donors (Lipinski definition) is 1. The van der Waals surface area contributed by atoms with Crippen molar-refractivity contribution in [2.75, 3.05) is 46.9 Å². The van der Waals surface area contributed by atoms with Gasteiger partial charge in [-0.15, -0.1) is 0 Å². The van der Waals surface area contributed by atoms with Crippen LogP contribution in [0.2, 0.25) is 0 Å². The average molecular weight is 269 g/mol. The van der Waals surface area contributed by atoms with Crippen molar-refractivity contribution in [3.8, 4) is 0 Å². The van der Waals surface area contributed by atoms with Crippen LogP contribution in [0.3, 0.4) is 0 Å². The fourth-order valence-corrected chi connectivity index (χ4v) is 2.79. The number of likely N-dealkylation sites (N-methyl/N-ethyl adjacent to an activating group) is 1. The lowest BCUT2D eigenvalue weighted by atomic mass is 10.0. The fourth-order valence-electron chi connectivity index (χ4n) is 2.79. The van der Waals surface area contributed by atoms with Crippen LogP contribution in [0.5, 0.6) is 0 Å². The predicted octanol–water partition coefficient (Wildman–Crippen LogP) is 0.308. The monoisotopic (exact) mass is 269 g/mol. The molecule has 2 rings (SSSR count). The number of likely N-dealkylation sites (tertiary alicyclic amines) is 1. The summed E-state index contributed by atoms with van der Waals surface area (Å²) in [6.07, 6.45) is 4.58. The predicted molar refractivity (Wildman–Crippen MR) is 75.1 cm³/mol. The van der Waals surface area contributed by atoms with Crippen molar-refractivity contribution in [1.82, 2.24) is 15.1 Å². The molecule has 2 aliphatic rings. The van der Waals surface area contributed by atoms with E-state index in [-0.39, 0.29) is 5.91 Å². The van der Waals surface area contributed by atoms with Crippen LogP contribution >= 0.6 is 0 Å². The second kappa shape index (κ2) is 7.22. The first-order valence-corrected chi connectivity index (χ1v) is 7.41. The molecule has 110 valence electrons. The van der Waals surface area contributed by atoms with E-state index in [4.69, 9.17) is 4.74 Å². The largest absolute Gasteiger partial charge is 0.381 e. The van der Waals surface area contributed by atoms with E-state index < -0.39 is 0 Å². The van der Waals surface area contributed by atoms with Gasteiger partial charge in [-0.3, -0.25) is 9.69 Å². The van der Waals surface area contributed by atoms with E-state index in [0.717, 1.165) is 52.0 Å². The van der Waals surface area contributed by atoms with E-state index in [2.05, 4.69) is 10.2 Å². The summed E-state index contributed by atoms with van der Waals surface area (Å²) in [5.41, 5.74) is 0. The molecule has 0 spiro atoms. The number of piperidine rings is 1. The molecule has 0 aliphatic carbocycles. The maximum absolute atomic E-state index is 11.7. The van der Waals surface area contributed by atoms with E-state index >= 15 is 0 Å². The molecule has 0 aromatic heterocycles. The Hall–Kier alpha value is -0.650. The highest BCUT2D eigenvalue weighted by molar-refractivity contribution is 5.77. The molecule has 0 aromatic carbocycles. The summed E-state index contributed by atoms with van der Waals surface area (Å²) in [5.74, 6) is 0.204. The van der Waals surface area contributed by atoms with Crippen LogP contribution in [0.25, 0.3) is 0 Å². The Balaban J connectivity index is 1.65. The smallest absolute Gasteiger partial charge is 0.236 e. The number of ether oxygens (including phenoxy) is 1. The van der Waals surface area contributed by atoms with Crippen molar-refractivity contribution in [2.45, 2.75) is 37.8 Å². The van der Waals surface area contributed by atoms with Gasteiger partial charge in [-0.2, -0.15) is 0 Å². The molecular formula is C14H27N3O2. The van der Waals surface area contributed by atoms with Gasteiger partial charge in [-0.05, 0) is 25.7 Å². The molecule has 2 saturated heterocycles. The first-order valence-electron chi connectivity index (χ1n) is 7.41. The van der Waals surface area contributed by atoms with E-state index in [1.165, 1.54) is 0 Å². The van der Waals surface area contributed by atoms with Crippen LogP contribution in [0, 0.1) is 0 Å². The molecule has 2 heterocycles. The van der Waals surface area contributed by atoms with E-state index in [9.17, 15) is 4.79 Å². The molecule has 5 nitrogen and oxygen atoms in total. The van der Waals surface area contributed by atoms with Gasteiger partial charge in [-0.1, -0.05) is 0 Å². The second-order valence-electron chi connectivity index (χ2n) is 5.89. The molecule has 2 aliphatic heterocycles. The highest BCUT2D eigenvalue weighted by Crippen LogP contribution is 2.14. The summed E-state index contributed by atoms with van der Waals surface area (Å²) in [7, 11) is 3.64. The number of nitrogens with zero attached hydrogens (tertiary/aromatic N) is 2. The minimum absolute atomic E-state index is 0.204. The lowest BCUT2D eigenvalue weighted by Gasteiger charge is -2.35. The summed E-state index contributed by atoms with van der Waals surface area (Å²) in [4.78, 5) is 15.6. The molecule has 0 bridgehead atoms. The normalized spacial score (nSPS) is 23.5. The second-order valence-corrected chi connectivity index (χ2v) is 5.89. The maximum atomic E-state index is 11.7. The lowest BCUT2D eigenvalue weighted by molar-refractivity contribution is -0.130. The summed E-state index contributed by atoms with van der Waals surface area (Å²) in [5, 5.41) is 3.75. The third kappa shape index (κ3) is 4.75. The third-order valence-electron chi connectivity index (χ3n) is 4.14. The van der Waals surface area contributed by atoms with Crippen molar-refractivity contribution in [3.63, 3.8) is 0 Å². The molecule has 0 saturated carbocycles. The SMILES string of the molecule is CN(C)C(=O)CN1CCC(NC2CCOCC2)CC1. The van der Waals surface area contributed by atoms with Crippen LogP contribution in [0.15, 0.2) is 0 Å². The van der Waals surface area contributed by atoms with Gasteiger partial charge in [-0.25, -0.2) is 0 Å². The first-order chi connectivity index (χ1) is 9.15. The minimum Gasteiger partial charge on any atom is -0.381 e. The average Bonchev–Trinajstić information content (AvgIpc) is 2.42. The van der Waals surface area contributed by atoms with Gasteiger partial charge in [0.1, 0.15) is 0 Å². The Morgan fingerprint density at radius 1 is 1.16 bits per heavy atom. The molecule has 0 aromatic rings. The first kappa shape index (κ1) is 14.8. The number of nitrogens with one attached hydrogen (secondary N) is 1. The fraction of sp³-hybridized carbons (Fsp3) is 0.929. The van der Waals surface area contributed by atoms with Crippen molar-refractivity contribution in [1.29, 1.82) is 0 Å². The standard InChI is InChI=1S/C14H27N3O2/c1-16(2)14(18)11-17-7-3-12(4-8-17)15-13-5-9-19-10-6-13/h12-13,15H,3-11H2,1-2H3. The van der Waals surface area contributed by atoms with Gasteiger partial charge < -0.3 is 15.0 Å². The Kier molecular flexibility index (Phi) is 5.60. The zero-order valence-electron chi connectivity index (χ0n) is 12.2. The van der Waals surface area contributed by atoms with Crippen LogP contribution in [0.4, 0.5) is 0 Å². The van der Waals surface area contributed by atoms with Crippen molar-refractivity contribution in [2.24, 2.45) is 0 Å². The maximum Gasteiger partial charge on any atom is 0.236 e. The number of carbonyl (C=O) groups excluding carboxylic acids is 1. The quantitative estimate of drug-likeness (QED) is 0.798. The van der Waals surface area contributed by atoms with Gasteiger partial charge in [0.25, 0.3) is 0 Å². The topological polar surface area (TPSA) is 44.8 Å².